The van der Waals surface area contributed by atoms with Crippen LogP contribution in [0.3, 0.4) is 0 Å². The van der Waals surface area contributed by atoms with Gasteiger partial charge in [0.15, 0.2) is 0 Å². The predicted octanol–water partition coefficient (Wildman–Crippen LogP) is 2.47. The normalized spacial score (nSPS) is 12.9. The largest absolute Gasteiger partial charge is 0.326 e. The monoisotopic (exact) mass is 162 g/mol. The van der Waals surface area contributed by atoms with Gasteiger partial charge in [0.05, 0.1) is 0 Å². The summed E-state index contributed by atoms with van der Waals surface area (Å²) in [7, 11) is 0. The van der Waals surface area contributed by atoms with E-state index in [0.717, 1.165) is 6.42 Å². The Kier molecular flexibility index (Phi) is 3.30. The van der Waals surface area contributed by atoms with E-state index in [2.05, 4.69) is 38.1 Å². The van der Waals surface area contributed by atoms with Crippen LogP contribution in [0.15, 0.2) is 24.3 Å². The van der Waals surface area contributed by atoms with Crippen molar-refractivity contribution in [1.82, 2.24) is 0 Å². The van der Waals surface area contributed by atoms with Crippen LogP contribution in [0.25, 0.3) is 0 Å². The average Bonchev–Trinajstić information content (AvgIpc) is 2.17. The van der Waals surface area contributed by atoms with Crippen LogP contribution in [0, 0.1) is 6.92 Å². The van der Waals surface area contributed by atoms with Gasteiger partial charge in [-0.1, -0.05) is 38.1 Å². The molecule has 1 aromatic rings. The maximum absolute atomic E-state index is 5.50. The fraction of sp³-hybridized carbons (Fsp3) is 0.364. The standard InChI is InChI=1S/C11H16N/c1-3-9(2)11-6-4-10(8-12)5-7-11/h4-7,9H,1,3,8,12H2,2H3. The molecule has 1 nitrogen and oxygen atoms in total. The van der Waals surface area contributed by atoms with Gasteiger partial charge >= 0.3 is 0 Å². The molecule has 0 heterocycles. The Hall–Kier alpha value is -0.820. The molecule has 0 amide bonds. The van der Waals surface area contributed by atoms with Gasteiger partial charge < -0.3 is 5.73 Å². The molecule has 1 radical (unpaired) electrons. The Labute approximate surface area is 74.6 Å². The number of hydrogen-bond acceptors (Lipinski definition) is 1. The average molecular weight is 162 g/mol. The summed E-state index contributed by atoms with van der Waals surface area (Å²) in [4.78, 5) is 0. The van der Waals surface area contributed by atoms with Crippen LogP contribution in [0.2, 0.25) is 0 Å². The van der Waals surface area contributed by atoms with Crippen molar-refractivity contribution in [2.45, 2.75) is 25.8 Å². The van der Waals surface area contributed by atoms with E-state index in [0.29, 0.717) is 12.5 Å². The molecule has 1 atom stereocenters. The lowest BCUT2D eigenvalue weighted by Gasteiger charge is -2.08. The highest BCUT2D eigenvalue weighted by Gasteiger charge is 2.01. The van der Waals surface area contributed by atoms with Crippen LogP contribution >= 0.6 is 0 Å². The summed E-state index contributed by atoms with van der Waals surface area (Å²) >= 11 is 0. The van der Waals surface area contributed by atoms with Crippen LogP contribution in [0.5, 0.6) is 0 Å². The third-order valence-corrected chi connectivity index (χ3v) is 2.22. The Morgan fingerprint density at radius 3 is 2.33 bits per heavy atom. The van der Waals surface area contributed by atoms with Gasteiger partial charge in [-0.25, -0.2) is 0 Å². The molecule has 0 spiro atoms. The third-order valence-electron chi connectivity index (χ3n) is 2.22. The van der Waals surface area contributed by atoms with Gasteiger partial charge in [-0.2, -0.15) is 0 Å². The van der Waals surface area contributed by atoms with Crippen molar-refractivity contribution in [3.05, 3.63) is 42.3 Å². The first kappa shape index (κ1) is 9.27. The lowest BCUT2D eigenvalue weighted by molar-refractivity contribution is 0.777. The highest BCUT2D eigenvalue weighted by molar-refractivity contribution is 5.24. The lowest BCUT2D eigenvalue weighted by Crippen LogP contribution is -1.97. The first-order valence-corrected chi connectivity index (χ1v) is 4.36. The number of benzene rings is 1. The number of nitrogens with two attached hydrogens (primary N) is 1. The number of hydrogen-bond donors (Lipinski definition) is 1. The first-order valence-electron chi connectivity index (χ1n) is 4.36. The van der Waals surface area contributed by atoms with Crippen LogP contribution in [-0.2, 0) is 6.54 Å². The molecule has 12 heavy (non-hydrogen) atoms. The molecular weight excluding hydrogens is 146 g/mol. The topological polar surface area (TPSA) is 26.0 Å². The Morgan fingerprint density at radius 2 is 1.92 bits per heavy atom. The molecule has 65 valence electrons. The van der Waals surface area contributed by atoms with E-state index in [1.165, 1.54) is 11.1 Å². The highest BCUT2D eigenvalue weighted by atomic mass is 14.5. The molecule has 1 unspecified atom stereocenters. The fourth-order valence-electron chi connectivity index (χ4n) is 1.15. The van der Waals surface area contributed by atoms with Crippen molar-refractivity contribution in [1.29, 1.82) is 0 Å². The third kappa shape index (κ3) is 2.08. The zero-order chi connectivity index (χ0) is 8.97. The molecule has 1 aromatic carbocycles. The van der Waals surface area contributed by atoms with Crippen molar-refractivity contribution in [2.75, 3.05) is 0 Å². The molecular formula is C11H16N. The summed E-state index contributed by atoms with van der Waals surface area (Å²) in [5.74, 6) is 0.553. The van der Waals surface area contributed by atoms with E-state index in [9.17, 15) is 0 Å². The summed E-state index contributed by atoms with van der Waals surface area (Å²) < 4.78 is 0. The van der Waals surface area contributed by atoms with Crippen molar-refractivity contribution in [3.63, 3.8) is 0 Å². The van der Waals surface area contributed by atoms with Crippen LogP contribution < -0.4 is 5.73 Å². The second-order valence-corrected chi connectivity index (χ2v) is 3.14. The molecule has 0 saturated carbocycles. The quantitative estimate of drug-likeness (QED) is 0.726. The van der Waals surface area contributed by atoms with Crippen LogP contribution in [-0.4, -0.2) is 0 Å². The van der Waals surface area contributed by atoms with Crippen LogP contribution in [0.4, 0.5) is 0 Å². The smallest absolute Gasteiger partial charge is 0.0178 e. The van der Waals surface area contributed by atoms with Crippen molar-refractivity contribution in [2.24, 2.45) is 5.73 Å². The fourth-order valence-corrected chi connectivity index (χ4v) is 1.15. The van der Waals surface area contributed by atoms with Crippen molar-refractivity contribution < 1.29 is 0 Å². The van der Waals surface area contributed by atoms with Gasteiger partial charge in [0.1, 0.15) is 0 Å². The predicted molar refractivity (Wildman–Crippen MR) is 52.7 cm³/mol. The SMILES string of the molecule is [CH2]CC(C)c1ccc(CN)cc1. The van der Waals surface area contributed by atoms with Crippen molar-refractivity contribution in [3.8, 4) is 0 Å². The molecule has 1 rings (SSSR count). The Bertz CT molecular complexity index is 225. The zero-order valence-electron chi connectivity index (χ0n) is 7.59. The van der Waals surface area contributed by atoms with Gasteiger partial charge in [0.25, 0.3) is 0 Å². The molecule has 0 saturated heterocycles. The summed E-state index contributed by atoms with van der Waals surface area (Å²) in [6.45, 7) is 6.69. The Balaban J connectivity index is 2.77. The van der Waals surface area contributed by atoms with E-state index in [-0.39, 0.29) is 0 Å². The van der Waals surface area contributed by atoms with E-state index < -0.39 is 0 Å². The van der Waals surface area contributed by atoms with E-state index in [1.807, 2.05) is 0 Å². The summed E-state index contributed by atoms with van der Waals surface area (Å²) in [5, 5.41) is 0. The summed E-state index contributed by atoms with van der Waals surface area (Å²) in [5.41, 5.74) is 8.04. The molecule has 0 fully saturated rings. The minimum atomic E-state index is 0.553. The molecule has 0 aliphatic carbocycles. The lowest BCUT2D eigenvalue weighted by atomic mass is 9.98. The van der Waals surface area contributed by atoms with Crippen LogP contribution in [0.1, 0.15) is 30.4 Å². The van der Waals surface area contributed by atoms with Gasteiger partial charge in [-0.05, 0) is 23.5 Å². The minimum Gasteiger partial charge on any atom is -0.326 e. The second-order valence-electron chi connectivity index (χ2n) is 3.14. The summed E-state index contributed by atoms with van der Waals surface area (Å²) in [6, 6.07) is 8.44. The maximum atomic E-state index is 5.50. The molecule has 2 N–H and O–H groups in total. The van der Waals surface area contributed by atoms with Gasteiger partial charge in [0, 0.05) is 6.54 Å². The highest BCUT2D eigenvalue weighted by Crippen LogP contribution is 2.18. The first-order chi connectivity index (χ1) is 5.77. The molecule has 0 aromatic heterocycles. The molecule has 0 bridgehead atoms. The summed E-state index contributed by atoms with van der Waals surface area (Å²) in [6.07, 6.45) is 0.946. The Morgan fingerprint density at radius 1 is 1.33 bits per heavy atom. The minimum absolute atomic E-state index is 0.553. The maximum Gasteiger partial charge on any atom is 0.0178 e. The zero-order valence-corrected chi connectivity index (χ0v) is 7.59. The van der Waals surface area contributed by atoms with Gasteiger partial charge in [-0.15, -0.1) is 0 Å². The van der Waals surface area contributed by atoms with E-state index >= 15 is 0 Å². The van der Waals surface area contributed by atoms with Crippen molar-refractivity contribution >= 4 is 0 Å². The second kappa shape index (κ2) is 4.27. The molecule has 0 aliphatic rings. The molecule has 0 aliphatic heterocycles. The van der Waals surface area contributed by atoms with E-state index in [4.69, 9.17) is 5.73 Å². The molecule has 1 heteroatoms. The van der Waals surface area contributed by atoms with Gasteiger partial charge in [0.2, 0.25) is 0 Å². The number of rotatable bonds is 3. The van der Waals surface area contributed by atoms with E-state index in [1.54, 1.807) is 0 Å². The van der Waals surface area contributed by atoms with Gasteiger partial charge in [-0.3, -0.25) is 0 Å².